The van der Waals surface area contributed by atoms with Crippen molar-refractivity contribution in [3.05, 3.63) is 41.0 Å². The molecule has 1 nitrogen and oxygen atoms in total. The molecule has 2 aliphatic rings. The van der Waals surface area contributed by atoms with E-state index in [0.29, 0.717) is 5.92 Å². The van der Waals surface area contributed by atoms with Crippen LogP contribution in [0.5, 0.6) is 0 Å². The van der Waals surface area contributed by atoms with E-state index in [1.807, 2.05) is 0 Å². The Morgan fingerprint density at radius 2 is 1.80 bits per heavy atom. The number of carbonyl (C=O) groups excluding carboxylic acids is 1. The summed E-state index contributed by atoms with van der Waals surface area (Å²) in [7, 11) is 0. The number of benzene rings is 1. The van der Waals surface area contributed by atoms with Gasteiger partial charge in [-0.3, -0.25) is 0 Å². The molecule has 106 valence electrons. The fraction of sp³-hybridized carbons (Fsp3) is 0.526. The van der Waals surface area contributed by atoms with Crippen LogP contribution in [-0.4, -0.2) is 6.29 Å². The van der Waals surface area contributed by atoms with Gasteiger partial charge in [-0.15, -0.1) is 0 Å². The molecule has 20 heavy (non-hydrogen) atoms. The molecule has 0 spiro atoms. The van der Waals surface area contributed by atoms with E-state index in [-0.39, 0.29) is 16.7 Å². The van der Waals surface area contributed by atoms with Crippen LogP contribution in [0, 0.1) is 29.6 Å². The average Bonchev–Trinajstić information content (AvgIpc) is 2.72. The molecular formula is C19H24O. The summed E-state index contributed by atoms with van der Waals surface area (Å²) >= 11 is 0. The maximum Gasteiger partial charge on any atom is 0.127 e. The van der Waals surface area contributed by atoms with Crippen LogP contribution in [-0.2, 0) is 4.79 Å². The summed E-state index contributed by atoms with van der Waals surface area (Å²) in [6.07, 6.45) is 5.88. The van der Waals surface area contributed by atoms with Gasteiger partial charge in [0.1, 0.15) is 6.29 Å². The Hall–Kier alpha value is -1.37. The molecule has 0 saturated heterocycles. The Morgan fingerprint density at radius 3 is 2.40 bits per heavy atom. The predicted octanol–water partition coefficient (Wildman–Crippen LogP) is 4.65. The first-order valence-electron chi connectivity index (χ1n) is 7.63. The van der Waals surface area contributed by atoms with Gasteiger partial charge in [-0.2, -0.15) is 0 Å². The lowest BCUT2D eigenvalue weighted by Gasteiger charge is -2.36. The second kappa shape index (κ2) is 4.31. The molecule has 3 unspecified atom stereocenters. The van der Waals surface area contributed by atoms with Gasteiger partial charge in [0.15, 0.2) is 0 Å². The van der Waals surface area contributed by atoms with Gasteiger partial charge in [0.2, 0.25) is 0 Å². The Kier molecular flexibility index (Phi) is 2.93. The Bertz CT molecular complexity index is 564. The molecule has 1 heteroatoms. The Labute approximate surface area is 122 Å². The van der Waals surface area contributed by atoms with Crippen molar-refractivity contribution >= 4 is 12.4 Å². The molecule has 3 atom stereocenters. The predicted molar refractivity (Wildman–Crippen MR) is 83.3 cm³/mol. The van der Waals surface area contributed by atoms with Crippen LogP contribution in [0.15, 0.2) is 29.8 Å². The van der Waals surface area contributed by atoms with Crippen LogP contribution in [0.25, 0.3) is 6.08 Å². The first-order valence-corrected chi connectivity index (χ1v) is 7.63. The highest BCUT2D eigenvalue weighted by atomic mass is 16.1. The van der Waals surface area contributed by atoms with Gasteiger partial charge >= 0.3 is 0 Å². The maximum atomic E-state index is 11.7. The number of rotatable bonds is 2. The molecule has 2 fully saturated rings. The SMILES string of the molecule is Cc1ccc(C=C2C3CCC(C)(C2C=O)C3(C)C)cc1. The molecule has 0 radical (unpaired) electrons. The van der Waals surface area contributed by atoms with Crippen molar-refractivity contribution < 1.29 is 4.79 Å². The van der Waals surface area contributed by atoms with Crippen LogP contribution in [0.3, 0.4) is 0 Å². The summed E-state index contributed by atoms with van der Waals surface area (Å²) in [5.74, 6) is 0.654. The highest BCUT2D eigenvalue weighted by molar-refractivity contribution is 5.70. The van der Waals surface area contributed by atoms with Crippen molar-refractivity contribution in [1.29, 1.82) is 0 Å². The van der Waals surface area contributed by atoms with Gasteiger partial charge in [-0.25, -0.2) is 0 Å². The van der Waals surface area contributed by atoms with Crippen LogP contribution in [0.2, 0.25) is 0 Å². The van der Waals surface area contributed by atoms with Crippen molar-refractivity contribution in [2.24, 2.45) is 22.7 Å². The molecule has 0 N–H and O–H groups in total. The monoisotopic (exact) mass is 268 g/mol. The average molecular weight is 268 g/mol. The van der Waals surface area contributed by atoms with Crippen molar-refractivity contribution in [3.63, 3.8) is 0 Å². The van der Waals surface area contributed by atoms with E-state index in [1.54, 1.807) is 0 Å². The summed E-state index contributed by atoms with van der Waals surface area (Å²) < 4.78 is 0. The zero-order valence-electron chi connectivity index (χ0n) is 12.9. The molecule has 2 aliphatic carbocycles. The van der Waals surface area contributed by atoms with Gasteiger partial charge in [0, 0.05) is 5.92 Å². The van der Waals surface area contributed by atoms with Gasteiger partial charge in [-0.1, -0.05) is 62.2 Å². The standard InChI is InChI=1S/C19H24O/c1-13-5-7-14(8-6-13)11-15-16-9-10-19(4,17(15)12-20)18(16,2)3/h5-8,11-12,16-17H,9-10H2,1-4H3. The van der Waals surface area contributed by atoms with E-state index in [0.717, 1.165) is 0 Å². The number of allylic oxidation sites excluding steroid dienone is 1. The van der Waals surface area contributed by atoms with E-state index < -0.39 is 0 Å². The third-order valence-corrected chi connectivity index (χ3v) is 6.29. The summed E-state index contributed by atoms with van der Waals surface area (Å²) in [6.45, 7) is 9.10. The molecule has 0 heterocycles. The summed E-state index contributed by atoms with van der Waals surface area (Å²) in [5, 5.41) is 0. The fourth-order valence-electron chi connectivity index (χ4n) is 4.52. The minimum Gasteiger partial charge on any atom is -0.303 e. The highest BCUT2D eigenvalue weighted by Gasteiger charge is 2.63. The number of fused-ring (bicyclic) bond motifs is 2. The van der Waals surface area contributed by atoms with Crippen molar-refractivity contribution in [3.8, 4) is 0 Å². The van der Waals surface area contributed by atoms with E-state index in [9.17, 15) is 4.79 Å². The van der Waals surface area contributed by atoms with Crippen LogP contribution >= 0.6 is 0 Å². The second-order valence-corrected chi connectivity index (χ2v) is 7.40. The van der Waals surface area contributed by atoms with Gasteiger partial charge in [-0.05, 0) is 42.1 Å². The van der Waals surface area contributed by atoms with E-state index in [1.165, 1.54) is 35.8 Å². The van der Waals surface area contributed by atoms with Crippen molar-refractivity contribution in [1.82, 2.24) is 0 Å². The third kappa shape index (κ3) is 1.65. The lowest BCUT2D eigenvalue weighted by molar-refractivity contribution is -0.113. The smallest absolute Gasteiger partial charge is 0.127 e. The fourth-order valence-corrected chi connectivity index (χ4v) is 4.52. The topological polar surface area (TPSA) is 17.1 Å². The number of hydrogen-bond donors (Lipinski definition) is 0. The van der Waals surface area contributed by atoms with Crippen LogP contribution in [0.4, 0.5) is 0 Å². The first-order chi connectivity index (χ1) is 9.40. The lowest BCUT2D eigenvalue weighted by atomic mass is 9.67. The summed E-state index contributed by atoms with van der Waals surface area (Å²) in [5.41, 5.74) is 4.23. The number of aldehydes is 1. The molecule has 1 aromatic carbocycles. The molecule has 0 aromatic heterocycles. The van der Waals surface area contributed by atoms with Crippen molar-refractivity contribution in [2.45, 2.75) is 40.5 Å². The molecule has 0 amide bonds. The zero-order valence-corrected chi connectivity index (χ0v) is 12.9. The van der Waals surface area contributed by atoms with Gasteiger partial charge < -0.3 is 4.79 Å². The molecule has 2 saturated carbocycles. The summed E-state index contributed by atoms with van der Waals surface area (Å²) in [6, 6.07) is 8.60. The largest absolute Gasteiger partial charge is 0.303 e. The van der Waals surface area contributed by atoms with Gasteiger partial charge in [0.05, 0.1) is 0 Å². The molecule has 1 aromatic rings. The third-order valence-electron chi connectivity index (χ3n) is 6.29. The number of hydrogen-bond acceptors (Lipinski definition) is 1. The molecule has 2 bridgehead atoms. The van der Waals surface area contributed by atoms with Crippen LogP contribution in [0.1, 0.15) is 44.7 Å². The number of carbonyl (C=O) groups is 1. The molecule has 3 rings (SSSR count). The first kappa shape index (κ1) is 13.6. The highest BCUT2D eigenvalue weighted by Crippen LogP contribution is 2.69. The van der Waals surface area contributed by atoms with Gasteiger partial charge in [0.25, 0.3) is 0 Å². The Balaban J connectivity index is 2.06. The normalized spacial score (nSPS) is 36.5. The minimum absolute atomic E-state index is 0.0950. The number of aryl methyl sites for hydroxylation is 1. The minimum atomic E-state index is 0.0950. The van der Waals surface area contributed by atoms with Crippen molar-refractivity contribution in [2.75, 3.05) is 0 Å². The summed E-state index contributed by atoms with van der Waals surface area (Å²) in [4.78, 5) is 11.7. The Morgan fingerprint density at radius 1 is 1.15 bits per heavy atom. The quantitative estimate of drug-likeness (QED) is 0.714. The second-order valence-electron chi connectivity index (χ2n) is 7.40. The zero-order chi connectivity index (χ0) is 14.5. The van der Waals surface area contributed by atoms with E-state index in [2.05, 4.69) is 58.0 Å². The lowest BCUT2D eigenvalue weighted by Crippen LogP contribution is -2.33. The molecular weight excluding hydrogens is 244 g/mol. The molecule has 0 aliphatic heterocycles. The maximum absolute atomic E-state index is 11.7. The van der Waals surface area contributed by atoms with Crippen LogP contribution < -0.4 is 0 Å². The van der Waals surface area contributed by atoms with E-state index >= 15 is 0 Å². The van der Waals surface area contributed by atoms with E-state index in [4.69, 9.17) is 0 Å².